The summed E-state index contributed by atoms with van der Waals surface area (Å²) < 4.78 is 65.5. The van der Waals surface area contributed by atoms with E-state index in [1.54, 1.807) is 0 Å². The van der Waals surface area contributed by atoms with Crippen LogP contribution < -0.4 is 0 Å². The molecule has 0 saturated carbocycles. The highest BCUT2D eigenvalue weighted by Gasteiger charge is 2.34. The molecular formula is C19H27F3N2O2S. The Balaban J connectivity index is 1.61. The Morgan fingerprint density at radius 3 is 2.19 bits per heavy atom. The summed E-state index contributed by atoms with van der Waals surface area (Å²) in [4.78, 5) is 2.21. The number of likely N-dealkylation sites (tertiary alicyclic amines) is 1. The van der Waals surface area contributed by atoms with Gasteiger partial charge in [0.25, 0.3) is 0 Å². The van der Waals surface area contributed by atoms with Gasteiger partial charge in [0.15, 0.2) is 0 Å². The van der Waals surface area contributed by atoms with Gasteiger partial charge in [-0.2, -0.15) is 17.5 Å². The lowest BCUT2D eigenvalue weighted by Crippen LogP contribution is -2.41. The monoisotopic (exact) mass is 404 g/mol. The summed E-state index contributed by atoms with van der Waals surface area (Å²) in [6.07, 6.45) is 1.98. The van der Waals surface area contributed by atoms with Gasteiger partial charge in [-0.05, 0) is 62.9 Å². The third-order valence-corrected chi connectivity index (χ3v) is 7.48. The zero-order valence-corrected chi connectivity index (χ0v) is 16.2. The summed E-state index contributed by atoms with van der Waals surface area (Å²) in [5.74, 6) is 0.455. The van der Waals surface area contributed by atoms with Crippen LogP contribution in [-0.2, 0) is 16.2 Å². The second-order valence-corrected chi connectivity index (χ2v) is 9.53. The number of halogens is 3. The molecule has 1 aromatic carbocycles. The van der Waals surface area contributed by atoms with E-state index in [0.717, 1.165) is 50.7 Å². The number of benzene rings is 1. The Bertz CT molecular complexity index is 721. The van der Waals surface area contributed by atoms with E-state index >= 15 is 0 Å². The van der Waals surface area contributed by atoms with Crippen molar-refractivity contribution in [2.75, 3.05) is 32.7 Å². The Morgan fingerprint density at radius 1 is 0.963 bits per heavy atom. The maximum absolute atomic E-state index is 12.9. The fourth-order valence-corrected chi connectivity index (χ4v) is 5.51. The zero-order chi connectivity index (χ0) is 19.5. The first-order valence-electron chi connectivity index (χ1n) is 9.66. The minimum atomic E-state index is -4.55. The van der Waals surface area contributed by atoms with E-state index in [0.29, 0.717) is 19.0 Å². The SMILES string of the molecule is O=S(=O)(c1cccc(C(F)(F)F)c1)N1CCC(CN2CCCCCC2)CC1. The van der Waals surface area contributed by atoms with Crippen LogP contribution in [0.25, 0.3) is 0 Å². The highest BCUT2D eigenvalue weighted by molar-refractivity contribution is 7.89. The molecule has 8 heteroatoms. The molecule has 0 bridgehead atoms. The van der Waals surface area contributed by atoms with Gasteiger partial charge in [0.2, 0.25) is 10.0 Å². The Labute approximate surface area is 159 Å². The maximum atomic E-state index is 12.9. The van der Waals surface area contributed by atoms with Crippen molar-refractivity contribution in [3.05, 3.63) is 29.8 Å². The first-order valence-corrected chi connectivity index (χ1v) is 11.1. The Hall–Kier alpha value is -1.12. The number of hydrogen-bond donors (Lipinski definition) is 0. The molecule has 0 aromatic heterocycles. The molecule has 0 unspecified atom stereocenters. The first-order chi connectivity index (χ1) is 12.8. The Kier molecular flexibility index (Phi) is 6.48. The molecule has 0 radical (unpaired) electrons. The highest BCUT2D eigenvalue weighted by Crippen LogP contribution is 2.32. The molecule has 2 fully saturated rings. The predicted molar refractivity (Wildman–Crippen MR) is 97.8 cm³/mol. The van der Waals surface area contributed by atoms with Crippen LogP contribution >= 0.6 is 0 Å². The van der Waals surface area contributed by atoms with Crippen molar-refractivity contribution in [3.8, 4) is 0 Å². The summed E-state index contributed by atoms with van der Waals surface area (Å²) in [5, 5.41) is 0. The summed E-state index contributed by atoms with van der Waals surface area (Å²) in [5.41, 5.74) is -0.931. The second kappa shape index (κ2) is 8.49. The normalized spacial score (nSPS) is 21.9. The van der Waals surface area contributed by atoms with Crippen molar-refractivity contribution in [2.45, 2.75) is 49.6 Å². The molecule has 0 spiro atoms. The van der Waals surface area contributed by atoms with Gasteiger partial charge in [-0.15, -0.1) is 0 Å². The molecule has 152 valence electrons. The second-order valence-electron chi connectivity index (χ2n) is 7.59. The van der Waals surface area contributed by atoms with E-state index in [9.17, 15) is 21.6 Å². The average Bonchev–Trinajstić information content (AvgIpc) is 2.90. The van der Waals surface area contributed by atoms with Crippen LogP contribution in [0.3, 0.4) is 0 Å². The molecule has 4 nitrogen and oxygen atoms in total. The smallest absolute Gasteiger partial charge is 0.303 e. The molecular weight excluding hydrogens is 377 g/mol. The number of hydrogen-bond acceptors (Lipinski definition) is 3. The fourth-order valence-electron chi connectivity index (χ4n) is 4.00. The molecule has 2 aliphatic heterocycles. The standard InChI is InChI=1S/C19H27F3N2O2S/c20-19(21,22)17-6-5-7-18(14-17)27(25,26)24-12-8-16(9-13-24)15-23-10-3-1-2-4-11-23/h5-7,14,16H,1-4,8-13,15H2. The van der Waals surface area contributed by atoms with Gasteiger partial charge in [0.1, 0.15) is 0 Å². The third kappa shape index (κ3) is 5.23. The van der Waals surface area contributed by atoms with E-state index in [1.807, 2.05) is 0 Å². The van der Waals surface area contributed by atoms with Gasteiger partial charge in [-0.25, -0.2) is 8.42 Å². The van der Waals surface area contributed by atoms with Crippen LogP contribution in [-0.4, -0.2) is 50.3 Å². The molecule has 1 aromatic rings. The van der Waals surface area contributed by atoms with Crippen LogP contribution in [0.5, 0.6) is 0 Å². The van der Waals surface area contributed by atoms with Crippen molar-refractivity contribution in [2.24, 2.45) is 5.92 Å². The van der Waals surface area contributed by atoms with E-state index in [4.69, 9.17) is 0 Å². The van der Waals surface area contributed by atoms with Crippen molar-refractivity contribution in [1.82, 2.24) is 9.21 Å². The maximum Gasteiger partial charge on any atom is 0.416 e. The predicted octanol–water partition coefficient (Wildman–Crippen LogP) is 3.98. The molecule has 0 amide bonds. The molecule has 2 heterocycles. The van der Waals surface area contributed by atoms with Crippen LogP contribution in [0.1, 0.15) is 44.1 Å². The van der Waals surface area contributed by atoms with Gasteiger partial charge in [0.05, 0.1) is 10.5 Å². The van der Waals surface area contributed by atoms with E-state index < -0.39 is 21.8 Å². The topological polar surface area (TPSA) is 40.6 Å². The number of piperidine rings is 1. The lowest BCUT2D eigenvalue weighted by Gasteiger charge is -2.34. The molecule has 0 atom stereocenters. The molecule has 3 rings (SSSR count). The minimum Gasteiger partial charge on any atom is -0.303 e. The van der Waals surface area contributed by atoms with Crippen LogP contribution in [0.4, 0.5) is 13.2 Å². The summed E-state index contributed by atoms with van der Waals surface area (Å²) >= 11 is 0. The van der Waals surface area contributed by atoms with Gasteiger partial charge >= 0.3 is 6.18 Å². The third-order valence-electron chi connectivity index (χ3n) is 5.59. The van der Waals surface area contributed by atoms with Crippen molar-refractivity contribution >= 4 is 10.0 Å². The minimum absolute atomic E-state index is 0.275. The number of alkyl halides is 3. The van der Waals surface area contributed by atoms with E-state index in [-0.39, 0.29) is 4.90 Å². The highest BCUT2D eigenvalue weighted by atomic mass is 32.2. The molecule has 0 N–H and O–H groups in total. The largest absolute Gasteiger partial charge is 0.416 e. The van der Waals surface area contributed by atoms with Crippen LogP contribution in [0.2, 0.25) is 0 Å². The van der Waals surface area contributed by atoms with E-state index in [2.05, 4.69) is 4.90 Å². The molecule has 27 heavy (non-hydrogen) atoms. The number of rotatable bonds is 4. The van der Waals surface area contributed by atoms with Gasteiger partial charge in [-0.3, -0.25) is 0 Å². The first kappa shape index (κ1) is 20.6. The summed E-state index contributed by atoms with van der Waals surface area (Å²) in [7, 11) is -3.89. The molecule has 0 aliphatic carbocycles. The lowest BCUT2D eigenvalue weighted by molar-refractivity contribution is -0.137. The summed E-state index contributed by atoms with van der Waals surface area (Å²) in [6, 6.07) is 4.03. The number of nitrogens with zero attached hydrogens (tertiary/aromatic N) is 2. The number of sulfonamides is 1. The quantitative estimate of drug-likeness (QED) is 0.762. The van der Waals surface area contributed by atoms with Crippen molar-refractivity contribution < 1.29 is 21.6 Å². The Morgan fingerprint density at radius 2 is 1.59 bits per heavy atom. The molecule has 2 aliphatic rings. The van der Waals surface area contributed by atoms with Gasteiger partial charge in [0, 0.05) is 19.6 Å². The van der Waals surface area contributed by atoms with E-state index in [1.165, 1.54) is 36.1 Å². The zero-order valence-electron chi connectivity index (χ0n) is 15.4. The van der Waals surface area contributed by atoms with Gasteiger partial charge in [-0.1, -0.05) is 18.9 Å². The van der Waals surface area contributed by atoms with Crippen LogP contribution in [0.15, 0.2) is 29.2 Å². The fraction of sp³-hybridized carbons (Fsp3) is 0.684. The van der Waals surface area contributed by atoms with Gasteiger partial charge < -0.3 is 4.90 Å². The average molecular weight is 404 g/mol. The molecule has 2 saturated heterocycles. The lowest BCUT2D eigenvalue weighted by atomic mass is 9.97. The summed E-state index contributed by atoms with van der Waals surface area (Å²) in [6.45, 7) is 3.97. The van der Waals surface area contributed by atoms with Crippen molar-refractivity contribution in [1.29, 1.82) is 0 Å². The van der Waals surface area contributed by atoms with Crippen LogP contribution in [0, 0.1) is 5.92 Å². The van der Waals surface area contributed by atoms with Crippen molar-refractivity contribution in [3.63, 3.8) is 0 Å².